The Labute approximate surface area is 81.4 Å². The standard InChI is InChI=1S/C8H13N3O3/c1-8(2)13-6-4(10-11-9)3-5(12)7(6)14-8/h4-7,12H,3H2,1-2H3/t4-,5+,6+,7-/m0/s1. The summed E-state index contributed by atoms with van der Waals surface area (Å²) in [4.78, 5) is 2.74. The van der Waals surface area contributed by atoms with Crippen molar-refractivity contribution in [1.82, 2.24) is 0 Å². The highest BCUT2D eigenvalue weighted by Crippen LogP contribution is 2.39. The summed E-state index contributed by atoms with van der Waals surface area (Å²) in [6.07, 6.45) is -0.858. The van der Waals surface area contributed by atoms with Crippen molar-refractivity contribution in [3.05, 3.63) is 10.4 Å². The Morgan fingerprint density at radius 1 is 1.43 bits per heavy atom. The third-order valence-electron chi connectivity index (χ3n) is 2.61. The summed E-state index contributed by atoms with van der Waals surface area (Å²) in [6, 6.07) is -0.318. The van der Waals surface area contributed by atoms with E-state index in [1.54, 1.807) is 13.8 Å². The van der Waals surface area contributed by atoms with Crippen LogP contribution in [0.25, 0.3) is 10.4 Å². The lowest BCUT2D eigenvalue weighted by Crippen LogP contribution is -2.28. The smallest absolute Gasteiger partial charge is 0.163 e. The van der Waals surface area contributed by atoms with Crippen LogP contribution in [0.3, 0.4) is 0 Å². The lowest BCUT2D eigenvalue weighted by Gasteiger charge is -2.20. The Hall–Kier alpha value is -0.810. The second-order valence-electron chi connectivity index (χ2n) is 4.14. The summed E-state index contributed by atoms with van der Waals surface area (Å²) in [5.74, 6) is -0.694. The molecule has 0 amide bonds. The molecule has 1 N–H and O–H groups in total. The minimum absolute atomic E-state index is 0.309. The predicted molar refractivity (Wildman–Crippen MR) is 47.4 cm³/mol. The van der Waals surface area contributed by atoms with Gasteiger partial charge in [-0.3, -0.25) is 0 Å². The molecule has 4 atom stereocenters. The van der Waals surface area contributed by atoms with Crippen molar-refractivity contribution >= 4 is 0 Å². The van der Waals surface area contributed by atoms with E-state index in [4.69, 9.17) is 15.0 Å². The van der Waals surface area contributed by atoms with E-state index in [0.29, 0.717) is 6.42 Å². The van der Waals surface area contributed by atoms with Crippen molar-refractivity contribution in [1.29, 1.82) is 0 Å². The van der Waals surface area contributed by atoms with Crippen LogP contribution < -0.4 is 0 Å². The molecule has 0 bridgehead atoms. The molecule has 1 saturated heterocycles. The number of ether oxygens (including phenoxy) is 2. The third-order valence-corrected chi connectivity index (χ3v) is 2.61. The van der Waals surface area contributed by atoms with E-state index in [1.807, 2.05) is 0 Å². The molecule has 1 aliphatic carbocycles. The second kappa shape index (κ2) is 3.10. The molecule has 0 unspecified atom stereocenters. The van der Waals surface area contributed by atoms with Gasteiger partial charge in [0.2, 0.25) is 0 Å². The summed E-state index contributed by atoms with van der Waals surface area (Å²) in [6.45, 7) is 3.57. The summed E-state index contributed by atoms with van der Waals surface area (Å²) in [5, 5.41) is 13.2. The Bertz CT molecular complexity index is 288. The molecule has 0 radical (unpaired) electrons. The monoisotopic (exact) mass is 199 g/mol. The van der Waals surface area contributed by atoms with Crippen LogP contribution in [0.4, 0.5) is 0 Å². The molecule has 2 rings (SSSR count). The van der Waals surface area contributed by atoms with Crippen LogP contribution in [0.2, 0.25) is 0 Å². The Morgan fingerprint density at radius 3 is 2.71 bits per heavy atom. The maximum Gasteiger partial charge on any atom is 0.163 e. The van der Waals surface area contributed by atoms with Gasteiger partial charge in [-0.05, 0) is 25.8 Å². The van der Waals surface area contributed by atoms with E-state index in [-0.39, 0.29) is 18.2 Å². The average molecular weight is 199 g/mol. The molecule has 78 valence electrons. The number of hydrogen-bond donors (Lipinski definition) is 1. The molecule has 6 nitrogen and oxygen atoms in total. The molecule has 2 fully saturated rings. The lowest BCUT2D eigenvalue weighted by atomic mass is 10.2. The highest BCUT2D eigenvalue weighted by atomic mass is 16.8. The van der Waals surface area contributed by atoms with Crippen LogP contribution in [0.15, 0.2) is 5.11 Å². The van der Waals surface area contributed by atoms with E-state index in [9.17, 15) is 5.11 Å². The zero-order valence-corrected chi connectivity index (χ0v) is 8.12. The van der Waals surface area contributed by atoms with Gasteiger partial charge in [-0.25, -0.2) is 0 Å². The van der Waals surface area contributed by atoms with Crippen LogP contribution in [0.1, 0.15) is 20.3 Å². The van der Waals surface area contributed by atoms with Crippen LogP contribution in [-0.2, 0) is 9.47 Å². The number of hydrogen-bond acceptors (Lipinski definition) is 4. The summed E-state index contributed by atoms with van der Waals surface area (Å²) < 4.78 is 11.1. The number of aliphatic hydroxyl groups is 1. The normalized spacial score (nSPS) is 44.5. The molecule has 1 aliphatic heterocycles. The SMILES string of the molecule is CC1(C)O[C@@H]2[C@H](O1)[C@@H](N=[N+]=[N-])C[C@H]2O. The number of fused-ring (bicyclic) bond motifs is 1. The van der Waals surface area contributed by atoms with Gasteiger partial charge in [0.1, 0.15) is 6.10 Å². The minimum Gasteiger partial charge on any atom is -0.390 e. The first-order valence-corrected chi connectivity index (χ1v) is 4.61. The van der Waals surface area contributed by atoms with E-state index >= 15 is 0 Å². The fourth-order valence-corrected chi connectivity index (χ4v) is 2.11. The zero-order chi connectivity index (χ0) is 10.3. The van der Waals surface area contributed by atoms with Crippen molar-refractivity contribution in [3.8, 4) is 0 Å². The van der Waals surface area contributed by atoms with Gasteiger partial charge >= 0.3 is 0 Å². The van der Waals surface area contributed by atoms with E-state index in [1.165, 1.54) is 0 Å². The van der Waals surface area contributed by atoms with Crippen molar-refractivity contribution in [2.45, 2.75) is 50.4 Å². The van der Waals surface area contributed by atoms with E-state index < -0.39 is 11.9 Å². The molecule has 1 heterocycles. The first-order chi connectivity index (χ1) is 6.53. The van der Waals surface area contributed by atoms with Gasteiger partial charge in [0.05, 0.1) is 18.2 Å². The molecule has 1 saturated carbocycles. The third kappa shape index (κ3) is 1.46. The Morgan fingerprint density at radius 2 is 2.07 bits per heavy atom. The molecule has 6 heteroatoms. The molecular formula is C8H13N3O3. The number of rotatable bonds is 1. The van der Waals surface area contributed by atoms with Crippen LogP contribution in [0.5, 0.6) is 0 Å². The van der Waals surface area contributed by atoms with Crippen molar-refractivity contribution < 1.29 is 14.6 Å². The van der Waals surface area contributed by atoms with Crippen LogP contribution >= 0.6 is 0 Å². The quantitative estimate of drug-likeness (QED) is 0.387. The van der Waals surface area contributed by atoms with Gasteiger partial charge in [-0.2, -0.15) is 0 Å². The molecule has 0 spiro atoms. The maximum absolute atomic E-state index is 9.64. The molecule has 0 aromatic carbocycles. The molecular weight excluding hydrogens is 186 g/mol. The number of aliphatic hydroxyl groups excluding tert-OH is 1. The largest absolute Gasteiger partial charge is 0.390 e. The fraction of sp³-hybridized carbons (Fsp3) is 1.00. The number of nitrogens with zero attached hydrogens (tertiary/aromatic N) is 3. The van der Waals surface area contributed by atoms with E-state index in [0.717, 1.165) is 0 Å². The van der Waals surface area contributed by atoms with Crippen molar-refractivity contribution in [2.75, 3.05) is 0 Å². The maximum atomic E-state index is 9.64. The minimum atomic E-state index is -0.694. The Balaban J connectivity index is 2.18. The van der Waals surface area contributed by atoms with Gasteiger partial charge in [0, 0.05) is 4.91 Å². The Kier molecular flexibility index (Phi) is 2.16. The number of azide groups is 1. The van der Waals surface area contributed by atoms with E-state index in [2.05, 4.69) is 10.0 Å². The highest BCUT2D eigenvalue weighted by Gasteiger charge is 2.53. The van der Waals surface area contributed by atoms with Gasteiger partial charge in [0.15, 0.2) is 5.79 Å². The summed E-state index contributed by atoms with van der Waals surface area (Å²) in [5.41, 5.74) is 8.34. The topological polar surface area (TPSA) is 87.5 Å². The van der Waals surface area contributed by atoms with Gasteiger partial charge in [-0.15, -0.1) is 0 Å². The second-order valence-corrected chi connectivity index (χ2v) is 4.14. The summed E-state index contributed by atoms with van der Waals surface area (Å²) in [7, 11) is 0. The van der Waals surface area contributed by atoms with Gasteiger partial charge in [0.25, 0.3) is 0 Å². The average Bonchev–Trinajstić information content (AvgIpc) is 2.51. The lowest BCUT2D eigenvalue weighted by molar-refractivity contribution is -0.163. The van der Waals surface area contributed by atoms with Crippen molar-refractivity contribution in [2.24, 2.45) is 5.11 Å². The fourth-order valence-electron chi connectivity index (χ4n) is 2.11. The molecule has 14 heavy (non-hydrogen) atoms. The van der Waals surface area contributed by atoms with Gasteiger partial charge in [-0.1, -0.05) is 5.11 Å². The molecule has 2 aliphatic rings. The van der Waals surface area contributed by atoms with Crippen LogP contribution in [0, 0.1) is 0 Å². The highest BCUT2D eigenvalue weighted by molar-refractivity contribution is 5.01. The first-order valence-electron chi connectivity index (χ1n) is 4.61. The van der Waals surface area contributed by atoms with Gasteiger partial charge < -0.3 is 14.6 Å². The van der Waals surface area contributed by atoms with Crippen molar-refractivity contribution in [3.63, 3.8) is 0 Å². The first kappa shape index (κ1) is 9.73. The molecule has 0 aromatic rings. The molecule has 0 aromatic heterocycles. The van der Waals surface area contributed by atoms with Crippen LogP contribution in [-0.4, -0.2) is 35.2 Å². The summed E-state index contributed by atoms with van der Waals surface area (Å²) >= 11 is 0. The predicted octanol–water partition coefficient (Wildman–Crippen LogP) is 0.950. The zero-order valence-electron chi connectivity index (χ0n) is 8.12.